The second kappa shape index (κ2) is 5.73. The van der Waals surface area contributed by atoms with Crippen LogP contribution in [0.25, 0.3) is 0 Å². The molecule has 0 atom stereocenters. The lowest BCUT2D eigenvalue weighted by molar-refractivity contribution is 0.104. The number of hydrogen-bond acceptors (Lipinski definition) is 3. The lowest BCUT2D eigenvalue weighted by Crippen LogP contribution is -2.49. The predicted octanol–water partition coefficient (Wildman–Crippen LogP) is 1.93. The molecule has 2 amide bonds. The fraction of sp³-hybridized carbons (Fsp3) is 0.462. The van der Waals surface area contributed by atoms with E-state index in [4.69, 9.17) is 4.74 Å². The molecule has 5 heteroatoms. The average molecular weight is 252 g/mol. The number of nitrogens with one attached hydrogen (secondary N) is 1. The summed E-state index contributed by atoms with van der Waals surface area (Å²) in [6.45, 7) is 3.46. The molecule has 1 rings (SSSR count). The number of rotatable bonds is 4. The van der Waals surface area contributed by atoms with E-state index < -0.39 is 5.54 Å². The van der Waals surface area contributed by atoms with Crippen LogP contribution in [0.2, 0.25) is 0 Å². The highest BCUT2D eigenvalue weighted by atomic mass is 16.5. The molecule has 0 aliphatic heterocycles. The molecule has 2 N–H and O–H groups in total. The van der Waals surface area contributed by atoms with E-state index in [-0.39, 0.29) is 12.6 Å². The number of likely N-dealkylation sites (N-methyl/N-ethyl adjacent to an activating group) is 1. The number of aliphatic hydroxyl groups is 1. The number of ether oxygens (including phenoxy) is 1. The SMILES string of the molecule is COc1ccccc1NC(=O)N(C)C(C)(C)CO. The van der Waals surface area contributed by atoms with E-state index in [1.54, 1.807) is 40.1 Å². The van der Waals surface area contributed by atoms with Crippen molar-refractivity contribution in [3.8, 4) is 5.75 Å². The Bertz CT molecular complexity index is 418. The Kier molecular flexibility index (Phi) is 4.55. The van der Waals surface area contributed by atoms with Gasteiger partial charge < -0.3 is 20.1 Å². The quantitative estimate of drug-likeness (QED) is 0.860. The number of hydrogen-bond donors (Lipinski definition) is 2. The Morgan fingerprint density at radius 2 is 2.06 bits per heavy atom. The topological polar surface area (TPSA) is 61.8 Å². The van der Waals surface area contributed by atoms with Crippen molar-refractivity contribution in [2.75, 3.05) is 26.1 Å². The van der Waals surface area contributed by atoms with Gasteiger partial charge in [0, 0.05) is 7.05 Å². The summed E-state index contributed by atoms with van der Waals surface area (Å²) < 4.78 is 5.16. The zero-order valence-electron chi connectivity index (χ0n) is 11.2. The van der Waals surface area contributed by atoms with Crippen molar-refractivity contribution in [3.05, 3.63) is 24.3 Å². The van der Waals surface area contributed by atoms with E-state index in [2.05, 4.69) is 5.32 Å². The highest BCUT2D eigenvalue weighted by molar-refractivity contribution is 5.91. The van der Waals surface area contributed by atoms with Gasteiger partial charge in [-0.1, -0.05) is 12.1 Å². The van der Waals surface area contributed by atoms with Crippen LogP contribution in [-0.4, -0.2) is 42.3 Å². The molecule has 100 valence electrons. The number of benzene rings is 1. The van der Waals surface area contributed by atoms with Gasteiger partial charge in [0.15, 0.2) is 0 Å². The summed E-state index contributed by atoms with van der Waals surface area (Å²) in [6, 6.07) is 6.88. The summed E-state index contributed by atoms with van der Waals surface area (Å²) in [5, 5.41) is 12.0. The summed E-state index contributed by atoms with van der Waals surface area (Å²) >= 11 is 0. The monoisotopic (exact) mass is 252 g/mol. The number of amides is 2. The van der Waals surface area contributed by atoms with Crippen LogP contribution in [-0.2, 0) is 0 Å². The van der Waals surface area contributed by atoms with E-state index >= 15 is 0 Å². The molecule has 1 aromatic carbocycles. The van der Waals surface area contributed by atoms with E-state index in [9.17, 15) is 9.90 Å². The van der Waals surface area contributed by atoms with Gasteiger partial charge in [0.25, 0.3) is 0 Å². The number of carbonyl (C=O) groups excluding carboxylic acids is 1. The van der Waals surface area contributed by atoms with Gasteiger partial charge in [-0.15, -0.1) is 0 Å². The minimum absolute atomic E-state index is 0.108. The van der Waals surface area contributed by atoms with Gasteiger partial charge in [0.05, 0.1) is 24.9 Å². The van der Waals surface area contributed by atoms with Gasteiger partial charge in [-0.05, 0) is 26.0 Å². The molecule has 1 aromatic rings. The number of urea groups is 1. The second-order valence-electron chi connectivity index (χ2n) is 4.66. The lowest BCUT2D eigenvalue weighted by atomic mass is 10.1. The Morgan fingerprint density at radius 1 is 1.44 bits per heavy atom. The van der Waals surface area contributed by atoms with Gasteiger partial charge in [-0.25, -0.2) is 4.79 Å². The first-order valence-electron chi connectivity index (χ1n) is 5.71. The lowest BCUT2D eigenvalue weighted by Gasteiger charge is -2.33. The van der Waals surface area contributed by atoms with Crippen LogP contribution >= 0.6 is 0 Å². The van der Waals surface area contributed by atoms with Crippen LogP contribution in [0.15, 0.2) is 24.3 Å². The number of para-hydroxylation sites is 2. The van der Waals surface area contributed by atoms with Crippen molar-refractivity contribution >= 4 is 11.7 Å². The third-order valence-corrected chi connectivity index (χ3v) is 2.95. The smallest absolute Gasteiger partial charge is 0.322 e. The largest absolute Gasteiger partial charge is 0.495 e. The summed E-state index contributed by atoms with van der Waals surface area (Å²) in [7, 11) is 3.19. The Balaban J connectivity index is 2.82. The summed E-state index contributed by atoms with van der Waals surface area (Å²) in [6.07, 6.45) is 0. The zero-order valence-corrected chi connectivity index (χ0v) is 11.2. The van der Waals surface area contributed by atoms with Crippen LogP contribution in [0.5, 0.6) is 5.75 Å². The molecule has 0 radical (unpaired) electrons. The minimum Gasteiger partial charge on any atom is -0.495 e. The molecule has 0 spiro atoms. The summed E-state index contributed by atoms with van der Waals surface area (Å²) in [5.41, 5.74) is -0.0166. The molecule has 0 aliphatic carbocycles. The van der Waals surface area contributed by atoms with Crippen molar-refractivity contribution < 1.29 is 14.6 Å². The first-order chi connectivity index (χ1) is 8.42. The normalized spacial score (nSPS) is 10.9. The molecule has 0 saturated heterocycles. The maximum atomic E-state index is 12.0. The molecule has 0 heterocycles. The number of methoxy groups -OCH3 is 1. The highest BCUT2D eigenvalue weighted by Crippen LogP contribution is 2.24. The number of carbonyl (C=O) groups is 1. The van der Waals surface area contributed by atoms with Crippen molar-refractivity contribution in [1.29, 1.82) is 0 Å². The zero-order chi connectivity index (χ0) is 13.8. The Hall–Kier alpha value is -1.75. The maximum Gasteiger partial charge on any atom is 0.322 e. The van der Waals surface area contributed by atoms with E-state index in [0.717, 1.165) is 0 Å². The first-order valence-corrected chi connectivity index (χ1v) is 5.71. The molecule has 5 nitrogen and oxygen atoms in total. The second-order valence-corrected chi connectivity index (χ2v) is 4.66. The van der Waals surface area contributed by atoms with E-state index in [1.807, 2.05) is 12.1 Å². The summed E-state index contributed by atoms with van der Waals surface area (Å²) in [5.74, 6) is 0.598. The maximum absolute atomic E-state index is 12.0. The van der Waals surface area contributed by atoms with Crippen molar-refractivity contribution in [1.82, 2.24) is 4.90 Å². The van der Waals surface area contributed by atoms with Crippen molar-refractivity contribution in [3.63, 3.8) is 0 Å². The molecule has 18 heavy (non-hydrogen) atoms. The van der Waals surface area contributed by atoms with Crippen LogP contribution in [0, 0.1) is 0 Å². The Morgan fingerprint density at radius 3 is 2.61 bits per heavy atom. The molecule has 0 bridgehead atoms. The number of nitrogens with zero attached hydrogens (tertiary/aromatic N) is 1. The summed E-state index contributed by atoms with van der Waals surface area (Å²) in [4.78, 5) is 13.5. The minimum atomic E-state index is -0.619. The average Bonchev–Trinajstić information content (AvgIpc) is 2.38. The van der Waals surface area contributed by atoms with Crippen molar-refractivity contribution in [2.45, 2.75) is 19.4 Å². The van der Waals surface area contributed by atoms with Gasteiger partial charge in [-0.3, -0.25) is 0 Å². The molecule has 0 unspecified atom stereocenters. The van der Waals surface area contributed by atoms with Crippen molar-refractivity contribution in [2.24, 2.45) is 0 Å². The standard InChI is InChI=1S/C13H20N2O3/c1-13(2,9-16)15(3)12(17)14-10-7-5-6-8-11(10)18-4/h5-8,16H,9H2,1-4H3,(H,14,17). The number of aliphatic hydroxyl groups excluding tert-OH is 1. The highest BCUT2D eigenvalue weighted by Gasteiger charge is 2.27. The number of anilines is 1. The fourth-order valence-electron chi connectivity index (χ4n) is 1.33. The molecule has 0 aliphatic rings. The van der Waals surface area contributed by atoms with Gasteiger partial charge in [0.1, 0.15) is 5.75 Å². The molecule has 0 saturated carbocycles. The fourth-order valence-corrected chi connectivity index (χ4v) is 1.33. The van der Waals surface area contributed by atoms with Crippen LogP contribution in [0.3, 0.4) is 0 Å². The third-order valence-electron chi connectivity index (χ3n) is 2.95. The van der Waals surface area contributed by atoms with Gasteiger partial charge in [0.2, 0.25) is 0 Å². The van der Waals surface area contributed by atoms with Gasteiger partial charge in [-0.2, -0.15) is 0 Å². The first kappa shape index (κ1) is 14.3. The third kappa shape index (κ3) is 3.13. The Labute approximate surface area is 107 Å². The van der Waals surface area contributed by atoms with Gasteiger partial charge >= 0.3 is 6.03 Å². The molecule has 0 aromatic heterocycles. The molecular formula is C13H20N2O3. The van der Waals surface area contributed by atoms with Crippen LogP contribution in [0.4, 0.5) is 10.5 Å². The van der Waals surface area contributed by atoms with Crippen LogP contribution in [0.1, 0.15) is 13.8 Å². The predicted molar refractivity (Wildman–Crippen MR) is 70.9 cm³/mol. The molecular weight excluding hydrogens is 232 g/mol. The van der Waals surface area contributed by atoms with Crippen LogP contribution < -0.4 is 10.1 Å². The molecule has 0 fully saturated rings. The van der Waals surface area contributed by atoms with E-state index in [0.29, 0.717) is 11.4 Å². The van der Waals surface area contributed by atoms with E-state index in [1.165, 1.54) is 4.90 Å².